The fraction of sp³-hybridized carbons (Fsp3) is 0.333. The predicted molar refractivity (Wildman–Crippen MR) is 58.8 cm³/mol. The number of benzene rings is 1. The minimum absolute atomic E-state index is 0.104. The van der Waals surface area contributed by atoms with Crippen molar-refractivity contribution in [1.29, 1.82) is 0 Å². The van der Waals surface area contributed by atoms with Gasteiger partial charge >= 0.3 is 0 Å². The van der Waals surface area contributed by atoms with Gasteiger partial charge in [-0.3, -0.25) is 14.5 Å². The minimum atomic E-state index is -1.24. The lowest BCUT2D eigenvalue weighted by Crippen LogP contribution is -2.41. The molecular formula is C12H13NO4. The largest absolute Gasteiger partial charge is 0.395 e. The van der Waals surface area contributed by atoms with Gasteiger partial charge in [0.25, 0.3) is 0 Å². The minimum Gasteiger partial charge on any atom is -0.395 e. The molecule has 1 aliphatic heterocycles. The van der Waals surface area contributed by atoms with E-state index < -0.39 is 30.6 Å². The van der Waals surface area contributed by atoms with E-state index in [4.69, 9.17) is 5.11 Å². The van der Waals surface area contributed by atoms with Gasteiger partial charge in [0.05, 0.1) is 6.61 Å². The maximum absolute atomic E-state index is 12.1. The van der Waals surface area contributed by atoms with Crippen molar-refractivity contribution in [3.05, 3.63) is 35.9 Å². The quantitative estimate of drug-likeness (QED) is 0.700. The zero-order chi connectivity index (χ0) is 12.5. The van der Waals surface area contributed by atoms with Crippen LogP contribution >= 0.6 is 0 Å². The predicted octanol–water partition coefficient (Wildman–Crippen LogP) is -0.375. The van der Waals surface area contributed by atoms with Crippen molar-refractivity contribution in [3.63, 3.8) is 0 Å². The van der Waals surface area contributed by atoms with Crippen molar-refractivity contribution in [3.8, 4) is 0 Å². The average molecular weight is 235 g/mol. The lowest BCUT2D eigenvalue weighted by molar-refractivity contribution is -0.144. The summed E-state index contributed by atoms with van der Waals surface area (Å²) in [5.41, 5.74) is -0.641. The second-order valence-electron chi connectivity index (χ2n) is 4.05. The van der Waals surface area contributed by atoms with Crippen molar-refractivity contribution in [2.75, 3.05) is 13.3 Å². The van der Waals surface area contributed by atoms with Crippen molar-refractivity contribution in [2.45, 2.75) is 11.8 Å². The molecule has 0 spiro atoms. The maximum atomic E-state index is 12.1. The van der Waals surface area contributed by atoms with Crippen LogP contribution in [0, 0.1) is 0 Å². The van der Waals surface area contributed by atoms with E-state index >= 15 is 0 Å². The first kappa shape index (κ1) is 11.8. The Kier molecular flexibility index (Phi) is 2.95. The highest BCUT2D eigenvalue weighted by Gasteiger charge is 2.52. The van der Waals surface area contributed by atoms with E-state index in [0.717, 1.165) is 4.90 Å². The lowest BCUT2D eigenvalue weighted by atomic mass is 9.80. The molecule has 2 rings (SSSR count). The molecule has 2 amide bonds. The Morgan fingerprint density at radius 2 is 1.82 bits per heavy atom. The third-order valence-corrected chi connectivity index (χ3v) is 3.15. The summed E-state index contributed by atoms with van der Waals surface area (Å²) in [5, 5.41) is 18.5. The fourth-order valence-electron chi connectivity index (χ4n) is 2.14. The van der Waals surface area contributed by atoms with Crippen molar-refractivity contribution in [2.24, 2.45) is 0 Å². The molecule has 90 valence electrons. The van der Waals surface area contributed by atoms with Gasteiger partial charge in [-0.05, 0) is 5.56 Å². The molecule has 17 heavy (non-hydrogen) atoms. The average Bonchev–Trinajstić information content (AvgIpc) is 2.62. The summed E-state index contributed by atoms with van der Waals surface area (Å²) in [6, 6.07) is 8.67. The van der Waals surface area contributed by atoms with Crippen LogP contribution in [0.15, 0.2) is 30.3 Å². The molecule has 0 unspecified atom stereocenters. The van der Waals surface area contributed by atoms with Crippen molar-refractivity contribution >= 4 is 11.8 Å². The summed E-state index contributed by atoms with van der Waals surface area (Å²) in [5.74, 6) is -1.01. The number of nitrogens with zero attached hydrogens (tertiary/aromatic N) is 1. The van der Waals surface area contributed by atoms with Gasteiger partial charge in [-0.2, -0.15) is 0 Å². The molecule has 1 heterocycles. The van der Waals surface area contributed by atoms with E-state index in [9.17, 15) is 14.7 Å². The van der Waals surface area contributed by atoms with Gasteiger partial charge in [-0.25, -0.2) is 0 Å². The Bertz CT molecular complexity index is 445. The van der Waals surface area contributed by atoms with E-state index in [0.29, 0.717) is 5.56 Å². The smallest absolute Gasteiger partial charge is 0.244 e. The van der Waals surface area contributed by atoms with E-state index in [1.807, 2.05) is 0 Å². The molecule has 1 atom stereocenters. The van der Waals surface area contributed by atoms with Gasteiger partial charge in [0.2, 0.25) is 11.8 Å². The SMILES string of the molecule is O=C1C[C@](CO)(c2ccccc2)C(=O)N1CO. The Morgan fingerprint density at radius 1 is 1.18 bits per heavy atom. The normalized spacial score (nSPS) is 24.5. The highest BCUT2D eigenvalue weighted by atomic mass is 16.3. The first-order chi connectivity index (χ1) is 8.15. The van der Waals surface area contributed by atoms with E-state index in [2.05, 4.69) is 0 Å². The summed E-state index contributed by atoms with van der Waals surface area (Å²) >= 11 is 0. The molecule has 1 saturated heterocycles. The summed E-state index contributed by atoms with van der Waals surface area (Å²) < 4.78 is 0. The summed E-state index contributed by atoms with van der Waals surface area (Å²) in [4.78, 5) is 24.5. The fourth-order valence-corrected chi connectivity index (χ4v) is 2.14. The van der Waals surface area contributed by atoms with Crippen LogP contribution < -0.4 is 0 Å². The number of likely N-dealkylation sites (tertiary alicyclic amines) is 1. The zero-order valence-corrected chi connectivity index (χ0v) is 9.17. The molecule has 1 aromatic rings. The number of imide groups is 1. The molecule has 0 bridgehead atoms. The molecule has 0 aliphatic carbocycles. The zero-order valence-electron chi connectivity index (χ0n) is 9.17. The van der Waals surface area contributed by atoms with Crippen molar-refractivity contribution in [1.82, 2.24) is 4.90 Å². The molecule has 1 aromatic carbocycles. The molecule has 1 aliphatic rings. The number of hydrogen-bond donors (Lipinski definition) is 2. The summed E-state index contributed by atoms with van der Waals surface area (Å²) in [7, 11) is 0. The number of carbonyl (C=O) groups excluding carboxylic acids is 2. The van der Waals surface area contributed by atoms with Gasteiger partial charge in [-0.1, -0.05) is 30.3 Å². The molecular weight excluding hydrogens is 222 g/mol. The van der Waals surface area contributed by atoms with Crippen LogP contribution in [-0.4, -0.2) is 40.3 Å². The van der Waals surface area contributed by atoms with E-state index in [1.165, 1.54) is 0 Å². The van der Waals surface area contributed by atoms with E-state index in [1.54, 1.807) is 30.3 Å². The van der Waals surface area contributed by atoms with Gasteiger partial charge in [0.15, 0.2) is 0 Å². The monoisotopic (exact) mass is 235 g/mol. The molecule has 5 heteroatoms. The topological polar surface area (TPSA) is 77.8 Å². The van der Waals surface area contributed by atoms with Crippen LogP contribution in [-0.2, 0) is 15.0 Å². The molecule has 0 aromatic heterocycles. The highest BCUT2D eigenvalue weighted by Crippen LogP contribution is 2.35. The maximum Gasteiger partial charge on any atom is 0.244 e. The van der Waals surface area contributed by atoms with E-state index in [-0.39, 0.29) is 6.42 Å². The Balaban J connectivity index is 2.47. The van der Waals surface area contributed by atoms with Crippen LogP contribution in [0.4, 0.5) is 0 Å². The van der Waals surface area contributed by atoms with Crippen molar-refractivity contribution < 1.29 is 19.8 Å². The van der Waals surface area contributed by atoms with Gasteiger partial charge < -0.3 is 10.2 Å². The molecule has 5 nitrogen and oxygen atoms in total. The van der Waals surface area contributed by atoms with Crippen LogP contribution in [0.5, 0.6) is 0 Å². The Labute approximate surface area is 98.3 Å². The Hall–Kier alpha value is -1.72. The Morgan fingerprint density at radius 3 is 2.29 bits per heavy atom. The summed E-state index contributed by atoms with van der Waals surface area (Å²) in [6.45, 7) is -1.09. The third kappa shape index (κ3) is 1.64. The van der Waals surface area contributed by atoms with Gasteiger partial charge in [0, 0.05) is 6.42 Å². The third-order valence-electron chi connectivity index (χ3n) is 3.15. The molecule has 2 N–H and O–H groups in total. The lowest BCUT2D eigenvalue weighted by Gasteiger charge is -2.24. The van der Waals surface area contributed by atoms with Crippen LogP contribution in [0.2, 0.25) is 0 Å². The number of aliphatic hydroxyl groups excluding tert-OH is 2. The second kappa shape index (κ2) is 4.27. The molecule has 0 radical (unpaired) electrons. The number of carbonyl (C=O) groups is 2. The van der Waals surface area contributed by atoms with Crippen LogP contribution in [0.25, 0.3) is 0 Å². The van der Waals surface area contributed by atoms with Gasteiger partial charge in [0.1, 0.15) is 12.1 Å². The molecule has 1 fully saturated rings. The van der Waals surface area contributed by atoms with Gasteiger partial charge in [-0.15, -0.1) is 0 Å². The number of amides is 2. The highest BCUT2D eigenvalue weighted by molar-refractivity contribution is 6.09. The number of rotatable bonds is 3. The van der Waals surface area contributed by atoms with Crippen LogP contribution in [0.3, 0.4) is 0 Å². The standard InChI is InChI=1S/C12H13NO4/c14-7-12(9-4-2-1-3-5-9)6-10(16)13(8-15)11(12)17/h1-5,14-15H,6-8H2/t12-/m0/s1. The van der Waals surface area contributed by atoms with Crippen LogP contribution in [0.1, 0.15) is 12.0 Å². The summed E-state index contributed by atoms with van der Waals surface area (Å²) in [6.07, 6.45) is -0.104. The number of aliphatic hydroxyl groups is 2. The first-order valence-electron chi connectivity index (χ1n) is 5.28. The first-order valence-corrected chi connectivity index (χ1v) is 5.28. The number of hydrogen-bond acceptors (Lipinski definition) is 4. The molecule has 0 saturated carbocycles. The second-order valence-corrected chi connectivity index (χ2v) is 4.05.